The van der Waals surface area contributed by atoms with Gasteiger partial charge in [-0.1, -0.05) is 13.0 Å². The van der Waals surface area contributed by atoms with Crippen LogP contribution in [0.3, 0.4) is 0 Å². The van der Waals surface area contributed by atoms with Crippen molar-refractivity contribution in [2.24, 2.45) is 0 Å². The summed E-state index contributed by atoms with van der Waals surface area (Å²) in [5.41, 5.74) is 0.760. The Hall–Kier alpha value is -2.37. The summed E-state index contributed by atoms with van der Waals surface area (Å²) in [5, 5.41) is 12.0. The molecule has 1 saturated heterocycles. The molecule has 0 bridgehead atoms. The van der Waals surface area contributed by atoms with Gasteiger partial charge in [0.15, 0.2) is 0 Å². The Morgan fingerprint density at radius 2 is 2.00 bits per heavy atom. The van der Waals surface area contributed by atoms with E-state index < -0.39 is 12.0 Å². The van der Waals surface area contributed by atoms with Gasteiger partial charge in [0.05, 0.1) is 0 Å². The Kier molecular flexibility index (Phi) is 5.73. The summed E-state index contributed by atoms with van der Waals surface area (Å²) < 4.78 is 0. The van der Waals surface area contributed by atoms with Gasteiger partial charge in [0.25, 0.3) is 11.8 Å². The van der Waals surface area contributed by atoms with Crippen LogP contribution in [0.4, 0.5) is 0 Å². The number of aliphatic carboxylic acids is 1. The number of carboxylic acid groups (broad SMARTS) is 1. The molecule has 2 amide bonds. The van der Waals surface area contributed by atoms with Crippen LogP contribution in [-0.2, 0) is 4.79 Å². The van der Waals surface area contributed by atoms with Gasteiger partial charge in [-0.3, -0.25) is 9.59 Å². The lowest BCUT2D eigenvalue weighted by Crippen LogP contribution is -2.48. The van der Waals surface area contributed by atoms with Crippen LogP contribution >= 0.6 is 0 Å². The van der Waals surface area contributed by atoms with E-state index in [4.69, 9.17) is 0 Å². The third kappa shape index (κ3) is 4.09. The Labute approximate surface area is 135 Å². The summed E-state index contributed by atoms with van der Waals surface area (Å²) in [5.74, 6) is -1.54. The summed E-state index contributed by atoms with van der Waals surface area (Å²) in [6.45, 7) is 2.97. The number of carbonyl (C=O) groups excluding carboxylic acids is 2. The normalized spacial score (nSPS) is 17.6. The molecule has 0 aromatic heterocycles. The maximum absolute atomic E-state index is 12.6. The number of piperidine rings is 1. The van der Waals surface area contributed by atoms with Crippen LogP contribution in [0.2, 0.25) is 0 Å². The molecule has 0 saturated carbocycles. The number of nitrogens with zero attached hydrogens (tertiary/aromatic N) is 1. The summed E-state index contributed by atoms with van der Waals surface area (Å²) >= 11 is 0. The number of amides is 2. The van der Waals surface area contributed by atoms with Crippen LogP contribution in [0.25, 0.3) is 0 Å². The quantitative estimate of drug-likeness (QED) is 0.868. The van der Waals surface area contributed by atoms with Gasteiger partial charge in [0.1, 0.15) is 6.04 Å². The highest BCUT2D eigenvalue weighted by atomic mass is 16.4. The van der Waals surface area contributed by atoms with Crippen LogP contribution in [0.5, 0.6) is 0 Å². The molecule has 0 spiro atoms. The molecule has 0 radical (unpaired) electrons. The first kappa shape index (κ1) is 17.0. The van der Waals surface area contributed by atoms with Crippen LogP contribution in [0, 0.1) is 0 Å². The fraction of sp³-hybridized carbons (Fsp3) is 0.471. The van der Waals surface area contributed by atoms with Gasteiger partial charge in [0.2, 0.25) is 0 Å². The molecule has 0 aliphatic carbocycles. The highest BCUT2D eigenvalue weighted by molar-refractivity contribution is 6.00. The van der Waals surface area contributed by atoms with Crippen LogP contribution in [0.15, 0.2) is 24.3 Å². The molecular formula is C17H22N2O4. The maximum Gasteiger partial charge on any atom is 0.326 e. The number of carboxylic acids is 1. The second-order valence-electron chi connectivity index (χ2n) is 5.69. The molecule has 124 valence electrons. The molecule has 1 heterocycles. The van der Waals surface area contributed by atoms with Crippen molar-refractivity contribution in [1.82, 2.24) is 10.2 Å². The van der Waals surface area contributed by atoms with E-state index in [9.17, 15) is 19.5 Å². The molecule has 2 rings (SSSR count). The molecule has 2 N–H and O–H groups in total. The second kappa shape index (κ2) is 7.76. The van der Waals surface area contributed by atoms with Gasteiger partial charge in [-0.25, -0.2) is 4.79 Å². The van der Waals surface area contributed by atoms with Crippen LogP contribution < -0.4 is 5.32 Å². The fourth-order valence-corrected chi connectivity index (χ4v) is 2.73. The molecule has 0 unspecified atom stereocenters. The molecule has 23 heavy (non-hydrogen) atoms. The lowest BCUT2D eigenvalue weighted by Gasteiger charge is -2.33. The van der Waals surface area contributed by atoms with Crippen molar-refractivity contribution in [3.05, 3.63) is 35.4 Å². The number of nitrogens with one attached hydrogen (secondary N) is 1. The Balaban J connectivity index is 2.18. The number of carbonyl (C=O) groups is 3. The third-order valence-electron chi connectivity index (χ3n) is 3.96. The molecule has 6 heteroatoms. The zero-order chi connectivity index (χ0) is 16.8. The van der Waals surface area contributed by atoms with Crippen molar-refractivity contribution in [1.29, 1.82) is 0 Å². The van der Waals surface area contributed by atoms with Gasteiger partial charge in [-0.2, -0.15) is 0 Å². The highest BCUT2D eigenvalue weighted by Crippen LogP contribution is 2.20. The SMILES string of the molecule is CCCNC(=O)c1cccc(C(=O)N2CCCC[C@@H]2C(=O)O)c1. The average molecular weight is 318 g/mol. The van der Waals surface area contributed by atoms with E-state index in [0.29, 0.717) is 30.6 Å². The van der Waals surface area contributed by atoms with E-state index in [1.165, 1.54) is 11.0 Å². The highest BCUT2D eigenvalue weighted by Gasteiger charge is 2.32. The molecular weight excluding hydrogens is 296 g/mol. The van der Waals surface area contributed by atoms with Gasteiger partial charge >= 0.3 is 5.97 Å². The Bertz CT molecular complexity index is 600. The standard InChI is InChI=1S/C17H22N2O4/c1-2-9-18-15(20)12-6-5-7-13(11-12)16(21)19-10-4-3-8-14(19)17(22)23/h5-7,11,14H,2-4,8-10H2,1H3,(H,18,20)(H,22,23)/t14-/m1/s1. The summed E-state index contributed by atoms with van der Waals surface area (Å²) in [6.07, 6.45) is 2.91. The summed E-state index contributed by atoms with van der Waals surface area (Å²) in [6, 6.07) is 5.65. The van der Waals surface area contributed by atoms with Crippen molar-refractivity contribution in [3.8, 4) is 0 Å². The molecule has 1 aromatic carbocycles. The van der Waals surface area contributed by atoms with Crippen molar-refractivity contribution < 1.29 is 19.5 Å². The lowest BCUT2D eigenvalue weighted by molar-refractivity contribution is -0.143. The topological polar surface area (TPSA) is 86.7 Å². The largest absolute Gasteiger partial charge is 0.480 e. The van der Waals surface area contributed by atoms with Gasteiger partial charge in [-0.15, -0.1) is 0 Å². The first-order valence-corrected chi connectivity index (χ1v) is 7.96. The predicted octanol–water partition coefficient (Wildman–Crippen LogP) is 1.91. The second-order valence-corrected chi connectivity index (χ2v) is 5.69. The molecule has 1 fully saturated rings. The number of hydrogen-bond acceptors (Lipinski definition) is 3. The van der Waals surface area contributed by atoms with E-state index in [-0.39, 0.29) is 11.8 Å². The van der Waals surface area contributed by atoms with Gasteiger partial charge in [0, 0.05) is 24.2 Å². The van der Waals surface area contributed by atoms with Crippen molar-refractivity contribution in [2.75, 3.05) is 13.1 Å². The molecule has 1 atom stereocenters. The smallest absolute Gasteiger partial charge is 0.326 e. The van der Waals surface area contributed by atoms with Gasteiger partial charge in [-0.05, 0) is 43.9 Å². The Morgan fingerprint density at radius 3 is 2.70 bits per heavy atom. The van der Waals surface area contributed by atoms with E-state index in [2.05, 4.69) is 5.32 Å². The van der Waals surface area contributed by atoms with Crippen LogP contribution in [-0.4, -0.2) is 46.9 Å². The zero-order valence-electron chi connectivity index (χ0n) is 13.2. The van der Waals surface area contributed by atoms with Gasteiger partial charge < -0.3 is 15.3 Å². The van der Waals surface area contributed by atoms with E-state index in [0.717, 1.165) is 19.3 Å². The Morgan fingerprint density at radius 1 is 1.26 bits per heavy atom. The first-order valence-electron chi connectivity index (χ1n) is 7.96. The summed E-state index contributed by atoms with van der Waals surface area (Å²) in [4.78, 5) is 37.4. The minimum Gasteiger partial charge on any atom is -0.480 e. The number of likely N-dealkylation sites (tertiary alicyclic amines) is 1. The molecule has 1 aromatic rings. The molecule has 1 aliphatic heterocycles. The van der Waals surface area contributed by atoms with Crippen molar-refractivity contribution in [2.45, 2.75) is 38.6 Å². The fourth-order valence-electron chi connectivity index (χ4n) is 2.73. The van der Waals surface area contributed by atoms with E-state index in [1.54, 1.807) is 18.2 Å². The number of benzene rings is 1. The summed E-state index contributed by atoms with van der Waals surface area (Å²) in [7, 11) is 0. The predicted molar refractivity (Wildman–Crippen MR) is 85.4 cm³/mol. The minimum atomic E-state index is -0.977. The average Bonchev–Trinajstić information content (AvgIpc) is 2.59. The first-order chi connectivity index (χ1) is 11.0. The van der Waals surface area contributed by atoms with Crippen LogP contribution in [0.1, 0.15) is 53.3 Å². The molecule has 6 nitrogen and oxygen atoms in total. The lowest BCUT2D eigenvalue weighted by atomic mass is 10.0. The zero-order valence-corrected chi connectivity index (χ0v) is 13.2. The van der Waals surface area contributed by atoms with E-state index in [1.807, 2.05) is 6.92 Å². The third-order valence-corrected chi connectivity index (χ3v) is 3.96. The molecule has 1 aliphatic rings. The van der Waals surface area contributed by atoms with Crippen molar-refractivity contribution >= 4 is 17.8 Å². The van der Waals surface area contributed by atoms with Crippen molar-refractivity contribution in [3.63, 3.8) is 0 Å². The maximum atomic E-state index is 12.6. The minimum absolute atomic E-state index is 0.227. The van der Waals surface area contributed by atoms with E-state index >= 15 is 0 Å². The number of hydrogen-bond donors (Lipinski definition) is 2. The number of rotatable bonds is 5. The monoisotopic (exact) mass is 318 g/mol.